The van der Waals surface area contributed by atoms with Gasteiger partial charge in [-0.1, -0.05) is 25.1 Å². The second kappa shape index (κ2) is 11.3. The highest BCUT2D eigenvalue weighted by Gasteiger charge is 2.26. The van der Waals surface area contributed by atoms with Gasteiger partial charge in [0.2, 0.25) is 5.91 Å². The number of benzene rings is 2. The molecule has 34 heavy (non-hydrogen) atoms. The maximum absolute atomic E-state index is 12.7. The molecule has 1 saturated heterocycles. The van der Waals surface area contributed by atoms with E-state index in [0.29, 0.717) is 30.4 Å². The van der Waals surface area contributed by atoms with Crippen LogP contribution in [0.4, 0.5) is 17.1 Å². The van der Waals surface area contributed by atoms with Crippen LogP contribution in [0.25, 0.3) is 0 Å². The predicted molar refractivity (Wildman–Crippen MR) is 127 cm³/mol. The van der Waals surface area contributed by atoms with E-state index in [-0.39, 0.29) is 24.2 Å². The first-order chi connectivity index (χ1) is 16.3. The summed E-state index contributed by atoms with van der Waals surface area (Å²) in [5.74, 6) is -1.39. The second-order valence-electron chi connectivity index (χ2n) is 8.30. The van der Waals surface area contributed by atoms with Crippen molar-refractivity contribution in [3.05, 3.63) is 64.2 Å². The van der Waals surface area contributed by atoms with Crippen molar-refractivity contribution >= 4 is 34.8 Å². The third kappa shape index (κ3) is 6.31. The number of nitrogens with zero attached hydrogens (tertiary/aromatic N) is 3. The van der Waals surface area contributed by atoms with Crippen LogP contribution in [-0.4, -0.2) is 48.9 Å². The van der Waals surface area contributed by atoms with Gasteiger partial charge in [-0.3, -0.25) is 19.7 Å². The molecule has 0 bridgehead atoms. The molecule has 2 amide bonds. The molecule has 0 aliphatic carbocycles. The third-order valence-electron chi connectivity index (χ3n) is 5.81. The molecule has 3 rings (SSSR count). The van der Waals surface area contributed by atoms with Crippen LogP contribution in [0, 0.1) is 16.0 Å². The molecule has 0 unspecified atom stereocenters. The molecule has 2 N–H and O–H groups in total. The van der Waals surface area contributed by atoms with Crippen molar-refractivity contribution in [1.29, 1.82) is 0 Å². The van der Waals surface area contributed by atoms with E-state index in [4.69, 9.17) is 10.5 Å². The highest BCUT2D eigenvalue weighted by Crippen LogP contribution is 2.32. The van der Waals surface area contributed by atoms with Gasteiger partial charge in [0.15, 0.2) is 6.61 Å². The third-order valence-corrected chi connectivity index (χ3v) is 5.81. The number of nitrogens with two attached hydrogens (primary N) is 1. The smallest absolute Gasteiger partial charge is 0.338 e. The average Bonchev–Trinajstić information content (AvgIpc) is 2.83. The number of esters is 1. The first-order valence-electron chi connectivity index (χ1n) is 11.1. The zero-order valence-corrected chi connectivity index (χ0v) is 19.0. The van der Waals surface area contributed by atoms with E-state index in [1.165, 1.54) is 17.0 Å². The number of hydrogen-bond donors (Lipinski definition) is 1. The van der Waals surface area contributed by atoms with Gasteiger partial charge in [-0.25, -0.2) is 4.79 Å². The Kier molecular flexibility index (Phi) is 8.18. The number of rotatable bonds is 9. The molecule has 1 aliphatic heterocycles. The summed E-state index contributed by atoms with van der Waals surface area (Å²) in [5, 5.41) is 11.7. The fourth-order valence-electron chi connectivity index (χ4n) is 3.83. The van der Waals surface area contributed by atoms with E-state index in [9.17, 15) is 24.5 Å². The molecule has 1 heterocycles. The van der Waals surface area contributed by atoms with Gasteiger partial charge in [-0.05, 0) is 43.0 Å². The molecule has 180 valence electrons. The lowest BCUT2D eigenvalue weighted by Gasteiger charge is -2.31. The lowest BCUT2D eigenvalue weighted by atomic mass is 9.98. The number of piperidine rings is 1. The number of ether oxygens (including phenoxy) is 1. The van der Waals surface area contributed by atoms with Crippen LogP contribution < -0.4 is 15.5 Å². The van der Waals surface area contributed by atoms with E-state index >= 15 is 0 Å². The highest BCUT2D eigenvalue weighted by atomic mass is 16.6. The Hall–Kier alpha value is -3.95. The second-order valence-corrected chi connectivity index (χ2v) is 8.30. The molecule has 1 fully saturated rings. The summed E-state index contributed by atoms with van der Waals surface area (Å²) in [7, 11) is 0. The molecular formula is C24H28N4O6. The molecule has 0 spiro atoms. The van der Waals surface area contributed by atoms with Gasteiger partial charge in [0.05, 0.1) is 10.5 Å². The Balaban J connectivity index is 1.70. The summed E-state index contributed by atoms with van der Waals surface area (Å²) in [6.45, 7) is 3.01. The fraction of sp³-hybridized carbons (Fsp3) is 0.375. The van der Waals surface area contributed by atoms with Crippen molar-refractivity contribution in [3.8, 4) is 0 Å². The predicted octanol–water partition coefficient (Wildman–Crippen LogP) is 2.90. The Morgan fingerprint density at radius 2 is 1.82 bits per heavy atom. The molecule has 0 saturated carbocycles. The summed E-state index contributed by atoms with van der Waals surface area (Å²) in [5.41, 5.74) is 6.01. The van der Waals surface area contributed by atoms with E-state index in [1.807, 2.05) is 4.90 Å². The van der Waals surface area contributed by atoms with Crippen molar-refractivity contribution in [2.24, 2.45) is 11.7 Å². The molecule has 0 aromatic heterocycles. The molecule has 10 nitrogen and oxygen atoms in total. The maximum Gasteiger partial charge on any atom is 0.338 e. The zero-order chi connectivity index (χ0) is 24.7. The highest BCUT2D eigenvalue weighted by molar-refractivity contribution is 5.98. The standard InChI is InChI=1S/C24H28N4O6/c1-17-9-12-26(13-10-17)20-8-7-18(15-21(20)28(32)33)24(31)34-16-23(30)27(14-11-22(25)29)19-5-3-2-4-6-19/h2-8,15,17H,9-14,16H2,1H3,(H2,25,29). The van der Waals surface area contributed by atoms with Crippen LogP contribution >= 0.6 is 0 Å². The summed E-state index contributed by atoms with van der Waals surface area (Å²) in [6, 6.07) is 12.8. The van der Waals surface area contributed by atoms with Crippen molar-refractivity contribution in [3.63, 3.8) is 0 Å². The number of nitro groups is 1. The van der Waals surface area contributed by atoms with Crippen LogP contribution in [-0.2, 0) is 14.3 Å². The monoisotopic (exact) mass is 468 g/mol. The van der Waals surface area contributed by atoms with Crippen LogP contribution in [0.5, 0.6) is 0 Å². The summed E-state index contributed by atoms with van der Waals surface area (Å²) < 4.78 is 5.15. The summed E-state index contributed by atoms with van der Waals surface area (Å²) in [4.78, 5) is 50.9. The molecule has 0 atom stereocenters. The summed E-state index contributed by atoms with van der Waals surface area (Å²) in [6.07, 6.45) is 1.82. The van der Waals surface area contributed by atoms with Gasteiger partial charge in [-0.15, -0.1) is 0 Å². The molecule has 2 aromatic rings. The Morgan fingerprint density at radius 1 is 1.15 bits per heavy atom. The van der Waals surface area contributed by atoms with Gasteiger partial charge in [0, 0.05) is 37.8 Å². The number of amides is 2. The first-order valence-corrected chi connectivity index (χ1v) is 11.1. The van der Waals surface area contributed by atoms with Gasteiger partial charge in [0.1, 0.15) is 5.69 Å². The SMILES string of the molecule is CC1CCN(c2ccc(C(=O)OCC(=O)N(CCC(N)=O)c3ccccc3)cc2[N+](=O)[O-])CC1. The number of primary amides is 1. The largest absolute Gasteiger partial charge is 0.452 e. The zero-order valence-electron chi connectivity index (χ0n) is 19.0. The molecule has 1 aliphatic rings. The van der Waals surface area contributed by atoms with Crippen molar-refractivity contribution < 1.29 is 24.0 Å². The minimum atomic E-state index is -0.849. The Bertz CT molecular complexity index is 1050. The number of anilines is 2. The van der Waals surface area contributed by atoms with Crippen LogP contribution in [0.15, 0.2) is 48.5 Å². The maximum atomic E-state index is 12.7. The fourth-order valence-corrected chi connectivity index (χ4v) is 3.83. The Labute approximate surface area is 197 Å². The Morgan fingerprint density at radius 3 is 2.44 bits per heavy atom. The van der Waals surface area contributed by atoms with Gasteiger partial charge in [0.25, 0.3) is 11.6 Å². The number of nitro benzene ring substituents is 1. The topological polar surface area (TPSA) is 136 Å². The minimum absolute atomic E-state index is 0.0166. The molecule has 10 heteroatoms. The molecule has 0 radical (unpaired) electrons. The quantitative estimate of drug-likeness (QED) is 0.339. The average molecular weight is 469 g/mol. The van der Waals surface area contributed by atoms with Crippen molar-refractivity contribution in [2.45, 2.75) is 26.2 Å². The van der Waals surface area contributed by atoms with Crippen LogP contribution in [0.2, 0.25) is 0 Å². The lowest BCUT2D eigenvalue weighted by Crippen LogP contribution is -2.37. The van der Waals surface area contributed by atoms with E-state index in [0.717, 1.165) is 12.8 Å². The van der Waals surface area contributed by atoms with Gasteiger partial charge >= 0.3 is 5.97 Å². The van der Waals surface area contributed by atoms with Crippen molar-refractivity contribution in [1.82, 2.24) is 0 Å². The lowest BCUT2D eigenvalue weighted by molar-refractivity contribution is -0.384. The van der Waals surface area contributed by atoms with E-state index in [2.05, 4.69) is 6.92 Å². The molecular weight excluding hydrogens is 440 g/mol. The van der Waals surface area contributed by atoms with E-state index in [1.54, 1.807) is 36.4 Å². The van der Waals surface area contributed by atoms with Crippen LogP contribution in [0.1, 0.15) is 36.5 Å². The van der Waals surface area contributed by atoms with Gasteiger partial charge in [-0.2, -0.15) is 0 Å². The van der Waals surface area contributed by atoms with Crippen LogP contribution in [0.3, 0.4) is 0 Å². The summed E-state index contributed by atoms with van der Waals surface area (Å²) >= 11 is 0. The van der Waals surface area contributed by atoms with Crippen molar-refractivity contribution in [2.75, 3.05) is 36.0 Å². The normalized spacial score (nSPS) is 13.9. The van der Waals surface area contributed by atoms with Gasteiger partial charge < -0.3 is 20.3 Å². The van der Waals surface area contributed by atoms with E-state index < -0.39 is 29.3 Å². The minimum Gasteiger partial charge on any atom is -0.452 e. The first kappa shape index (κ1) is 24.7. The number of hydrogen-bond acceptors (Lipinski definition) is 7. The number of carbonyl (C=O) groups excluding carboxylic acids is 3. The number of carbonyl (C=O) groups is 3. The molecule has 2 aromatic carbocycles. The number of para-hydroxylation sites is 1.